The highest BCUT2D eigenvalue weighted by atomic mass is 16.4. The van der Waals surface area contributed by atoms with Gasteiger partial charge in [0.15, 0.2) is 0 Å². The van der Waals surface area contributed by atoms with E-state index < -0.39 is 5.97 Å². The minimum Gasteiger partial charge on any atom is -0.478 e. The highest BCUT2D eigenvalue weighted by Gasteiger charge is 2.32. The summed E-state index contributed by atoms with van der Waals surface area (Å²) in [6.07, 6.45) is 10.4. The molecule has 3 heterocycles. The average molecular weight is 543 g/mol. The second-order valence-corrected chi connectivity index (χ2v) is 11.4. The lowest BCUT2D eigenvalue weighted by molar-refractivity contribution is 0.0635. The van der Waals surface area contributed by atoms with Crippen molar-refractivity contribution in [3.63, 3.8) is 0 Å². The van der Waals surface area contributed by atoms with E-state index >= 15 is 0 Å². The number of carboxylic acid groups (broad SMARTS) is 1. The van der Waals surface area contributed by atoms with Gasteiger partial charge in [0.2, 0.25) is 0 Å². The van der Waals surface area contributed by atoms with E-state index in [0.717, 1.165) is 55.7 Å². The molecule has 1 aromatic heterocycles. The molecule has 0 spiro atoms. The number of aryl methyl sites for hydroxylation is 1. The standard InChI is InChI=1S/C33H42N4O3/c1-3-4-5-6-10-24-11-9-12-27(23-24)31-34-29(25-13-15-26(16-14-25)33(39)40)30(35(31)2)32(38)37-21-17-28(18-22-37)36-19-7-8-20-36/h9,11-16,23,28H,3-8,10,17-22H2,1-2H3,(H,39,40). The normalized spacial score (nSPS) is 16.5. The van der Waals surface area contributed by atoms with E-state index in [1.165, 1.54) is 50.8 Å². The number of likely N-dealkylation sites (tertiary alicyclic amines) is 2. The minimum absolute atomic E-state index is 0.00541. The summed E-state index contributed by atoms with van der Waals surface area (Å²) in [5.41, 5.74) is 4.40. The quantitative estimate of drug-likeness (QED) is 0.305. The monoisotopic (exact) mass is 542 g/mol. The SMILES string of the molecule is CCCCCCc1cccc(-c2nc(-c3ccc(C(=O)O)cc3)c(C(=O)N3CCC(N4CCCC4)CC3)n2C)c1. The molecule has 2 aromatic carbocycles. The molecule has 7 heteroatoms. The fourth-order valence-corrected chi connectivity index (χ4v) is 6.29. The fraction of sp³-hybridized carbons (Fsp3) is 0.485. The van der Waals surface area contributed by atoms with Gasteiger partial charge in [0.05, 0.1) is 5.56 Å². The van der Waals surface area contributed by atoms with Crippen LogP contribution in [0, 0.1) is 0 Å². The number of imidazole rings is 1. The summed E-state index contributed by atoms with van der Waals surface area (Å²) in [4.78, 5) is 35.1. The van der Waals surface area contributed by atoms with E-state index in [-0.39, 0.29) is 11.5 Å². The second-order valence-electron chi connectivity index (χ2n) is 11.4. The summed E-state index contributed by atoms with van der Waals surface area (Å²) in [6.45, 7) is 6.06. The number of unbranched alkanes of at least 4 members (excludes halogenated alkanes) is 3. The third-order valence-electron chi connectivity index (χ3n) is 8.62. The maximum absolute atomic E-state index is 14.1. The number of hydrogen-bond acceptors (Lipinski definition) is 4. The molecule has 0 radical (unpaired) electrons. The number of carbonyl (C=O) groups excluding carboxylic acids is 1. The lowest BCUT2D eigenvalue weighted by Crippen LogP contribution is -2.46. The minimum atomic E-state index is -0.971. The Kier molecular flexibility index (Phi) is 9.00. The molecular weight excluding hydrogens is 500 g/mol. The number of aromatic carboxylic acids is 1. The molecular formula is C33H42N4O3. The first kappa shape index (κ1) is 28.1. The second kappa shape index (κ2) is 12.8. The largest absolute Gasteiger partial charge is 0.478 e. The van der Waals surface area contributed by atoms with Crippen molar-refractivity contribution < 1.29 is 14.7 Å². The fourth-order valence-electron chi connectivity index (χ4n) is 6.29. The molecule has 0 unspecified atom stereocenters. The Morgan fingerprint density at radius 2 is 1.65 bits per heavy atom. The van der Waals surface area contributed by atoms with Gasteiger partial charge in [0.1, 0.15) is 17.2 Å². The van der Waals surface area contributed by atoms with Gasteiger partial charge >= 0.3 is 5.97 Å². The van der Waals surface area contributed by atoms with Crippen LogP contribution in [0.4, 0.5) is 0 Å². The van der Waals surface area contributed by atoms with Gasteiger partial charge in [0, 0.05) is 37.3 Å². The zero-order valence-corrected chi connectivity index (χ0v) is 23.9. The van der Waals surface area contributed by atoms with E-state index in [4.69, 9.17) is 4.98 Å². The topological polar surface area (TPSA) is 78.7 Å². The first-order valence-electron chi connectivity index (χ1n) is 15.0. The van der Waals surface area contributed by atoms with Crippen molar-refractivity contribution in [2.45, 2.75) is 70.8 Å². The summed E-state index contributed by atoms with van der Waals surface area (Å²) >= 11 is 0. The van der Waals surface area contributed by atoms with Crippen LogP contribution >= 0.6 is 0 Å². The lowest BCUT2D eigenvalue weighted by atomic mass is 10.0. The van der Waals surface area contributed by atoms with Gasteiger partial charge in [-0.05, 0) is 75.4 Å². The third-order valence-corrected chi connectivity index (χ3v) is 8.62. The van der Waals surface area contributed by atoms with E-state index in [2.05, 4.69) is 36.1 Å². The van der Waals surface area contributed by atoms with Crippen molar-refractivity contribution in [3.8, 4) is 22.6 Å². The van der Waals surface area contributed by atoms with Crippen molar-refractivity contribution >= 4 is 11.9 Å². The Morgan fingerprint density at radius 1 is 0.925 bits per heavy atom. The molecule has 212 valence electrons. The van der Waals surface area contributed by atoms with Crippen LogP contribution in [0.2, 0.25) is 0 Å². The number of amides is 1. The summed E-state index contributed by atoms with van der Waals surface area (Å²) in [6, 6.07) is 15.7. The Hall–Kier alpha value is -3.45. The van der Waals surface area contributed by atoms with Crippen molar-refractivity contribution in [1.29, 1.82) is 0 Å². The molecule has 2 aliphatic rings. The van der Waals surface area contributed by atoms with Crippen molar-refractivity contribution in [2.75, 3.05) is 26.2 Å². The summed E-state index contributed by atoms with van der Waals surface area (Å²) in [5, 5.41) is 9.39. The predicted molar refractivity (Wildman–Crippen MR) is 159 cm³/mol. The number of carbonyl (C=O) groups is 2. The summed E-state index contributed by atoms with van der Waals surface area (Å²) in [7, 11) is 1.93. The van der Waals surface area contributed by atoms with E-state index in [0.29, 0.717) is 17.4 Å². The first-order chi connectivity index (χ1) is 19.5. The molecule has 2 saturated heterocycles. The molecule has 40 heavy (non-hydrogen) atoms. The maximum Gasteiger partial charge on any atom is 0.335 e. The zero-order chi connectivity index (χ0) is 28.1. The molecule has 2 aliphatic heterocycles. The average Bonchev–Trinajstić information content (AvgIpc) is 3.64. The smallest absolute Gasteiger partial charge is 0.335 e. The van der Waals surface area contributed by atoms with Crippen molar-refractivity contribution in [1.82, 2.24) is 19.4 Å². The van der Waals surface area contributed by atoms with Gasteiger partial charge < -0.3 is 19.5 Å². The Balaban J connectivity index is 1.45. The van der Waals surface area contributed by atoms with Gasteiger partial charge in [-0.3, -0.25) is 4.79 Å². The van der Waals surface area contributed by atoms with Crippen molar-refractivity contribution in [2.24, 2.45) is 7.05 Å². The predicted octanol–water partition coefficient (Wildman–Crippen LogP) is 6.28. The highest BCUT2D eigenvalue weighted by molar-refractivity contribution is 6.00. The molecule has 0 saturated carbocycles. The van der Waals surface area contributed by atoms with Gasteiger partial charge in [0.25, 0.3) is 5.91 Å². The van der Waals surface area contributed by atoms with E-state index in [1.54, 1.807) is 24.3 Å². The third kappa shape index (κ3) is 6.15. The number of piperidine rings is 1. The molecule has 2 fully saturated rings. The van der Waals surface area contributed by atoms with Gasteiger partial charge in [-0.15, -0.1) is 0 Å². The molecule has 1 amide bonds. The molecule has 5 rings (SSSR count). The number of hydrogen-bond donors (Lipinski definition) is 1. The maximum atomic E-state index is 14.1. The number of carboxylic acids is 1. The van der Waals surface area contributed by atoms with Crippen molar-refractivity contribution in [3.05, 3.63) is 65.4 Å². The summed E-state index contributed by atoms with van der Waals surface area (Å²) in [5.74, 6) is -0.224. The number of benzene rings is 2. The molecule has 0 aliphatic carbocycles. The van der Waals surface area contributed by atoms with E-state index in [9.17, 15) is 14.7 Å². The van der Waals surface area contributed by atoms with E-state index in [1.807, 2.05) is 16.5 Å². The molecule has 0 atom stereocenters. The zero-order valence-electron chi connectivity index (χ0n) is 23.9. The summed E-state index contributed by atoms with van der Waals surface area (Å²) < 4.78 is 1.94. The van der Waals surface area contributed by atoms with Crippen LogP contribution in [-0.4, -0.2) is 68.6 Å². The molecule has 7 nitrogen and oxygen atoms in total. The lowest BCUT2D eigenvalue weighted by Gasteiger charge is -2.36. The number of nitrogens with zero attached hydrogens (tertiary/aromatic N) is 4. The number of rotatable bonds is 10. The first-order valence-corrected chi connectivity index (χ1v) is 15.0. The van der Waals surface area contributed by atoms with Crippen LogP contribution < -0.4 is 0 Å². The highest BCUT2D eigenvalue weighted by Crippen LogP contribution is 2.32. The van der Waals surface area contributed by atoms with Gasteiger partial charge in [-0.2, -0.15) is 0 Å². The Morgan fingerprint density at radius 3 is 2.33 bits per heavy atom. The van der Waals surface area contributed by atoms with Gasteiger partial charge in [-0.1, -0.05) is 56.5 Å². The van der Waals surface area contributed by atoms with Crippen LogP contribution in [0.5, 0.6) is 0 Å². The van der Waals surface area contributed by atoms with Crippen LogP contribution in [0.25, 0.3) is 22.6 Å². The molecule has 3 aromatic rings. The molecule has 0 bridgehead atoms. The number of aromatic nitrogens is 2. The Labute approximate surface area is 237 Å². The Bertz CT molecular complexity index is 1320. The van der Waals surface area contributed by atoms with Crippen LogP contribution in [0.3, 0.4) is 0 Å². The van der Waals surface area contributed by atoms with Crippen LogP contribution in [0.15, 0.2) is 48.5 Å². The molecule has 1 N–H and O–H groups in total. The van der Waals surface area contributed by atoms with Gasteiger partial charge in [-0.25, -0.2) is 9.78 Å². The van der Waals surface area contributed by atoms with Crippen LogP contribution in [0.1, 0.15) is 84.7 Å². The van der Waals surface area contributed by atoms with Crippen LogP contribution in [-0.2, 0) is 13.5 Å².